The maximum Gasteiger partial charge on any atom is 0.217 e. The first-order valence-corrected chi connectivity index (χ1v) is 7.56. The molecule has 0 spiro atoms. The molecule has 1 N–H and O–H groups in total. The van der Waals surface area contributed by atoms with E-state index in [1.165, 1.54) is 0 Å². The number of ether oxygens (including phenoxy) is 1. The molecule has 1 aromatic heterocycles. The Morgan fingerprint density at radius 2 is 2.05 bits per heavy atom. The van der Waals surface area contributed by atoms with Crippen LogP contribution in [0.15, 0.2) is 54.2 Å². The topological polar surface area (TPSA) is 42.4 Å². The second-order valence-electron chi connectivity index (χ2n) is 6.05. The Hall–Kier alpha value is -2.13. The number of pyridine rings is 1. The number of rotatable bonds is 3. The van der Waals surface area contributed by atoms with Crippen molar-refractivity contribution in [3.8, 4) is 17.0 Å². The fourth-order valence-corrected chi connectivity index (χ4v) is 3.04. The molecule has 0 aliphatic carbocycles. The van der Waals surface area contributed by atoms with Crippen LogP contribution in [0.25, 0.3) is 11.1 Å². The number of hydrogen-bond acceptors (Lipinski definition) is 3. The summed E-state index contributed by atoms with van der Waals surface area (Å²) in [5, 5.41) is 10.0. The highest BCUT2D eigenvalue weighted by Gasteiger charge is 2.46. The van der Waals surface area contributed by atoms with Crippen molar-refractivity contribution in [3.63, 3.8) is 0 Å². The summed E-state index contributed by atoms with van der Waals surface area (Å²) in [7, 11) is 0. The number of nitrogens with zero attached hydrogens (tertiary/aromatic N) is 1. The van der Waals surface area contributed by atoms with E-state index in [0.717, 1.165) is 22.3 Å². The van der Waals surface area contributed by atoms with Gasteiger partial charge in [0.05, 0.1) is 12.0 Å². The van der Waals surface area contributed by atoms with Gasteiger partial charge in [-0.15, -0.1) is 0 Å². The van der Waals surface area contributed by atoms with Crippen molar-refractivity contribution >= 4 is 0 Å². The van der Waals surface area contributed by atoms with Crippen molar-refractivity contribution in [1.82, 2.24) is 4.98 Å². The second kappa shape index (κ2) is 5.58. The van der Waals surface area contributed by atoms with Gasteiger partial charge >= 0.3 is 0 Å². The number of benzene rings is 1. The van der Waals surface area contributed by atoms with Crippen LogP contribution in [0.2, 0.25) is 0 Å². The SMILES string of the molecule is C/C=C(\C)C1Oc2ncc(-c3ccccc3)cc2C1(C)CO. The number of fused-ring (bicyclic) bond motifs is 1. The maximum atomic E-state index is 10.0. The van der Waals surface area contributed by atoms with E-state index < -0.39 is 5.41 Å². The van der Waals surface area contributed by atoms with Gasteiger partial charge in [-0.25, -0.2) is 4.98 Å². The third-order valence-electron chi connectivity index (χ3n) is 4.58. The Bertz CT molecular complexity index is 709. The lowest BCUT2D eigenvalue weighted by molar-refractivity contribution is 0.121. The Balaban J connectivity index is 2.09. The van der Waals surface area contributed by atoms with Gasteiger partial charge in [0.25, 0.3) is 0 Å². The minimum atomic E-state index is -0.469. The van der Waals surface area contributed by atoms with Gasteiger partial charge in [-0.3, -0.25) is 0 Å². The van der Waals surface area contributed by atoms with Gasteiger partial charge in [-0.1, -0.05) is 36.4 Å². The molecule has 2 unspecified atom stereocenters. The van der Waals surface area contributed by atoms with Crippen molar-refractivity contribution in [2.24, 2.45) is 0 Å². The number of allylic oxidation sites excluding steroid dienone is 1. The predicted molar refractivity (Wildman–Crippen MR) is 88.0 cm³/mol. The molecule has 2 aromatic rings. The van der Waals surface area contributed by atoms with Gasteiger partial charge in [0.2, 0.25) is 5.88 Å². The Kier molecular flexibility index (Phi) is 3.75. The van der Waals surface area contributed by atoms with Crippen LogP contribution in [0.4, 0.5) is 0 Å². The molecule has 2 heterocycles. The molecule has 3 heteroatoms. The van der Waals surface area contributed by atoms with Crippen LogP contribution in [0.5, 0.6) is 5.88 Å². The molecule has 22 heavy (non-hydrogen) atoms. The molecular formula is C19H21NO2. The Morgan fingerprint density at radius 1 is 1.32 bits per heavy atom. The highest BCUT2D eigenvalue weighted by Crippen LogP contribution is 2.45. The monoisotopic (exact) mass is 295 g/mol. The molecule has 0 radical (unpaired) electrons. The van der Waals surface area contributed by atoms with Crippen molar-refractivity contribution < 1.29 is 9.84 Å². The number of aromatic nitrogens is 1. The quantitative estimate of drug-likeness (QED) is 0.877. The fourth-order valence-electron chi connectivity index (χ4n) is 3.04. The molecular weight excluding hydrogens is 274 g/mol. The van der Waals surface area contributed by atoms with Crippen LogP contribution in [-0.2, 0) is 5.41 Å². The van der Waals surface area contributed by atoms with E-state index in [1.54, 1.807) is 0 Å². The largest absolute Gasteiger partial charge is 0.469 e. The molecule has 0 saturated carbocycles. The molecule has 114 valence electrons. The van der Waals surface area contributed by atoms with E-state index in [0.29, 0.717) is 5.88 Å². The van der Waals surface area contributed by atoms with Gasteiger partial charge in [-0.2, -0.15) is 0 Å². The first-order chi connectivity index (χ1) is 10.6. The van der Waals surface area contributed by atoms with Gasteiger partial charge < -0.3 is 9.84 Å². The zero-order chi connectivity index (χ0) is 15.7. The van der Waals surface area contributed by atoms with E-state index in [2.05, 4.69) is 23.2 Å². The number of aliphatic hydroxyl groups is 1. The first kappa shape index (κ1) is 14.8. The van der Waals surface area contributed by atoms with Crippen LogP contribution in [0.1, 0.15) is 26.3 Å². The summed E-state index contributed by atoms with van der Waals surface area (Å²) in [6.45, 7) is 6.08. The summed E-state index contributed by atoms with van der Waals surface area (Å²) >= 11 is 0. The van der Waals surface area contributed by atoms with Crippen LogP contribution < -0.4 is 4.74 Å². The molecule has 0 amide bonds. The molecule has 2 atom stereocenters. The van der Waals surface area contributed by atoms with E-state index in [9.17, 15) is 5.11 Å². The average Bonchev–Trinajstić information content (AvgIpc) is 2.88. The standard InChI is InChI=1S/C19H21NO2/c1-4-13(2)17-19(3,12-21)16-10-15(11-20-18(16)22-17)14-8-6-5-7-9-14/h4-11,17,21H,12H2,1-3H3/b13-4+. The highest BCUT2D eigenvalue weighted by molar-refractivity contribution is 5.65. The summed E-state index contributed by atoms with van der Waals surface area (Å²) in [5.41, 5.74) is 3.77. The molecule has 3 nitrogen and oxygen atoms in total. The van der Waals surface area contributed by atoms with Gasteiger partial charge in [-0.05, 0) is 38.0 Å². The molecule has 1 aliphatic heterocycles. The second-order valence-corrected chi connectivity index (χ2v) is 6.05. The molecule has 0 fully saturated rings. The van der Waals surface area contributed by atoms with E-state index in [1.807, 2.05) is 51.2 Å². The summed E-state index contributed by atoms with van der Waals surface area (Å²) in [5.74, 6) is 0.627. The molecule has 3 rings (SSSR count). The van der Waals surface area contributed by atoms with Gasteiger partial charge in [0, 0.05) is 17.3 Å². The lowest BCUT2D eigenvalue weighted by atomic mass is 9.77. The van der Waals surface area contributed by atoms with Crippen LogP contribution >= 0.6 is 0 Å². The third kappa shape index (κ3) is 2.22. The Morgan fingerprint density at radius 3 is 2.68 bits per heavy atom. The van der Waals surface area contributed by atoms with Crippen LogP contribution in [0, 0.1) is 0 Å². The smallest absolute Gasteiger partial charge is 0.217 e. The Labute approximate surface area is 131 Å². The highest BCUT2D eigenvalue weighted by atomic mass is 16.5. The summed E-state index contributed by atoms with van der Waals surface area (Å²) in [6, 6.07) is 12.2. The van der Waals surface area contributed by atoms with Gasteiger partial charge in [0.15, 0.2) is 0 Å². The third-order valence-corrected chi connectivity index (χ3v) is 4.58. The normalized spacial score (nSPS) is 24.0. The van der Waals surface area contributed by atoms with E-state index >= 15 is 0 Å². The molecule has 0 bridgehead atoms. The van der Waals surface area contributed by atoms with Crippen molar-refractivity contribution in [1.29, 1.82) is 0 Å². The minimum absolute atomic E-state index is 0.0236. The van der Waals surface area contributed by atoms with Crippen LogP contribution in [0.3, 0.4) is 0 Å². The first-order valence-electron chi connectivity index (χ1n) is 7.56. The van der Waals surface area contributed by atoms with Crippen molar-refractivity contribution in [2.75, 3.05) is 6.61 Å². The fraction of sp³-hybridized carbons (Fsp3) is 0.316. The van der Waals surface area contributed by atoms with E-state index in [-0.39, 0.29) is 12.7 Å². The number of aliphatic hydroxyl groups excluding tert-OH is 1. The van der Waals surface area contributed by atoms with Crippen LogP contribution in [-0.4, -0.2) is 22.8 Å². The molecule has 1 aliphatic rings. The number of hydrogen-bond donors (Lipinski definition) is 1. The van der Waals surface area contributed by atoms with Crippen molar-refractivity contribution in [3.05, 3.63) is 59.8 Å². The minimum Gasteiger partial charge on any atom is -0.469 e. The lowest BCUT2D eigenvalue weighted by Gasteiger charge is -2.28. The summed E-state index contributed by atoms with van der Waals surface area (Å²) in [6.07, 6.45) is 3.69. The lowest BCUT2D eigenvalue weighted by Crippen LogP contribution is -2.39. The summed E-state index contributed by atoms with van der Waals surface area (Å²) < 4.78 is 6.02. The zero-order valence-corrected chi connectivity index (χ0v) is 13.2. The molecule has 1 aromatic carbocycles. The zero-order valence-electron chi connectivity index (χ0n) is 13.2. The predicted octanol–water partition coefficient (Wildman–Crippen LogP) is 3.73. The molecule has 0 saturated heterocycles. The summed E-state index contributed by atoms with van der Waals surface area (Å²) in [4.78, 5) is 4.49. The van der Waals surface area contributed by atoms with Gasteiger partial charge in [0.1, 0.15) is 6.10 Å². The van der Waals surface area contributed by atoms with E-state index in [4.69, 9.17) is 4.74 Å². The average molecular weight is 295 g/mol. The maximum absolute atomic E-state index is 10.0. The van der Waals surface area contributed by atoms with Crippen molar-refractivity contribution in [2.45, 2.75) is 32.3 Å².